The van der Waals surface area contributed by atoms with Crippen molar-refractivity contribution in [2.45, 2.75) is 26.9 Å². The Labute approximate surface area is 192 Å². The first-order chi connectivity index (χ1) is 15.4. The van der Waals surface area contributed by atoms with E-state index in [1.165, 1.54) is 4.90 Å². The van der Waals surface area contributed by atoms with Gasteiger partial charge in [0, 0.05) is 5.56 Å². The maximum atomic E-state index is 13.0. The van der Waals surface area contributed by atoms with E-state index in [0.717, 1.165) is 33.7 Å². The molecule has 1 aliphatic heterocycles. The number of imide groups is 1. The van der Waals surface area contributed by atoms with E-state index >= 15 is 0 Å². The minimum absolute atomic E-state index is 0.0164. The summed E-state index contributed by atoms with van der Waals surface area (Å²) in [5, 5.41) is 1.72. The summed E-state index contributed by atoms with van der Waals surface area (Å²) in [5.41, 5.74) is 1.95. The molecular weight excluding hydrogens is 422 g/mol. The molecular formula is C26H25NO4S. The summed E-state index contributed by atoms with van der Waals surface area (Å²) < 4.78 is 11.7. The van der Waals surface area contributed by atoms with Crippen LogP contribution in [0.2, 0.25) is 0 Å². The summed E-state index contributed by atoms with van der Waals surface area (Å²) in [6, 6.07) is 19.5. The fraction of sp³-hybridized carbons (Fsp3) is 0.231. The van der Waals surface area contributed by atoms with Gasteiger partial charge in [0.15, 0.2) is 0 Å². The normalized spacial score (nSPS) is 15.2. The molecule has 1 heterocycles. The topological polar surface area (TPSA) is 55.8 Å². The Hall–Kier alpha value is -3.25. The van der Waals surface area contributed by atoms with E-state index in [1.807, 2.05) is 81.4 Å². The van der Waals surface area contributed by atoms with Gasteiger partial charge in [-0.05, 0) is 67.6 Å². The average molecular weight is 448 g/mol. The van der Waals surface area contributed by atoms with Gasteiger partial charge in [-0.3, -0.25) is 14.5 Å². The van der Waals surface area contributed by atoms with Gasteiger partial charge in [0.25, 0.3) is 11.1 Å². The molecule has 1 fully saturated rings. The Morgan fingerprint density at radius 1 is 1.00 bits per heavy atom. The Bertz CT molecular complexity index is 1180. The molecule has 1 aliphatic rings. The SMILES string of the molecule is Cc1ccc(OCCN2C(=O)S/C(=C\c3c(OC(C)C)ccc4ccccc34)C2=O)cc1. The van der Waals surface area contributed by atoms with Gasteiger partial charge in [-0.2, -0.15) is 0 Å². The number of hydrogen-bond donors (Lipinski definition) is 0. The van der Waals surface area contributed by atoms with Crippen molar-refractivity contribution >= 4 is 39.8 Å². The van der Waals surface area contributed by atoms with E-state index in [4.69, 9.17) is 9.47 Å². The fourth-order valence-electron chi connectivity index (χ4n) is 3.49. The van der Waals surface area contributed by atoms with Crippen LogP contribution in [0.5, 0.6) is 11.5 Å². The quantitative estimate of drug-likeness (QED) is 0.413. The Morgan fingerprint density at radius 3 is 2.50 bits per heavy atom. The number of aryl methyl sites for hydroxylation is 1. The van der Waals surface area contributed by atoms with E-state index in [1.54, 1.807) is 6.08 Å². The van der Waals surface area contributed by atoms with E-state index in [9.17, 15) is 9.59 Å². The predicted octanol–water partition coefficient (Wildman–Crippen LogP) is 6.05. The third kappa shape index (κ3) is 4.81. The van der Waals surface area contributed by atoms with E-state index in [0.29, 0.717) is 16.4 Å². The van der Waals surface area contributed by atoms with Gasteiger partial charge >= 0.3 is 0 Å². The standard InChI is InChI=1S/C26H25NO4S/c1-17(2)31-23-13-10-19-6-4-5-7-21(19)22(23)16-24-25(28)27(26(29)32-24)14-15-30-20-11-8-18(3)9-12-20/h4-13,16-17H,14-15H2,1-3H3/b24-16-. The van der Waals surface area contributed by atoms with Crippen LogP contribution in [-0.4, -0.2) is 35.3 Å². The summed E-state index contributed by atoms with van der Waals surface area (Å²) in [6.07, 6.45) is 1.75. The second-order valence-electron chi connectivity index (χ2n) is 7.86. The lowest BCUT2D eigenvalue weighted by atomic mass is 10.0. The molecule has 5 nitrogen and oxygen atoms in total. The van der Waals surface area contributed by atoms with E-state index in [2.05, 4.69) is 0 Å². The van der Waals surface area contributed by atoms with Gasteiger partial charge in [-0.15, -0.1) is 0 Å². The van der Waals surface area contributed by atoms with Gasteiger partial charge in [0.1, 0.15) is 18.1 Å². The highest BCUT2D eigenvalue weighted by atomic mass is 32.2. The lowest BCUT2D eigenvalue weighted by Gasteiger charge is -2.15. The van der Waals surface area contributed by atoms with Crippen molar-refractivity contribution in [3.63, 3.8) is 0 Å². The number of rotatable bonds is 7. The minimum atomic E-state index is -0.309. The van der Waals surface area contributed by atoms with Gasteiger partial charge in [0.2, 0.25) is 0 Å². The van der Waals surface area contributed by atoms with Crippen LogP contribution in [0.4, 0.5) is 4.79 Å². The lowest BCUT2D eigenvalue weighted by Crippen LogP contribution is -2.32. The van der Waals surface area contributed by atoms with Gasteiger partial charge < -0.3 is 9.47 Å². The second kappa shape index (κ2) is 9.49. The molecule has 6 heteroatoms. The molecule has 3 aromatic carbocycles. The molecule has 3 aromatic rings. The summed E-state index contributed by atoms with van der Waals surface area (Å²) in [5.74, 6) is 1.09. The highest BCUT2D eigenvalue weighted by molar-refractivity contribution is 8.18. The molecule has 0 atom stereocenters. The highest BCUT2D eigenvalue weighted by Crippen LogP contribution is 2.37. The van der Waals surface area contributed by atoms with Crippen molar-refractivity contribution in [2.75, 3.05) is 13.2 Å². The summed E-state index contributed by atoms with van der Waals surface area (Å²) in [4.78, 5) is 27.2. The first-order valence-electron chi connectivity index (χ1n) is 10.6. The molecule has 164 valence electrons. The molecule has 0 aliphatic carbocycles. The zero-order valence-corrected chi connectivity index (χ0v) is 19.1. The van der Waals surface area contributed by atoms with Crippen LogP contribution in [0.3, 0.4) is 0 Å². The van der Waals surface area contributed by atoms with Crippen molar-refractivity contribution in [3.05, 3.63) is 76.7 Å². The Kier molecular flexibility index (Phi) is 6.51. The first-order valence-corrected chi connectivity index (χ1v) is 11.4. The smallest absolute Gasteiger partial charge is 0.293 e. The second-order valence-corrected chi connectivity index (χ2v) is 8.85. The molecule has 0 aromatic heterocycles. The monoisotopic (exact) mass is 447 g/mol. The number of carbonyl (C=O) groups excluding carboxylic acids is 2. The Balaban J connectivity index is 1.56. The Morgan fingerprint density at radius 2 is 1.75 bits per heavy atom. The molecule has 0 radical (unpaired) electrons. The van der Waals surface area contributed by atoms with Crippen LogP contribution >= 0.6 is 11.8 Å². The molecule has 0 saturated carbocycles. The average Bonchev–Trinajstić information content (AvgIpc) is 3.03. The van der Waals surface area contributed by atoms with Crippen molar-refractivity contribution < 1.29 is 19.1 Å². The number of benzene rings is 3. The maximum Gasteiger partial charge on any atom is 0.293 e. The molecule has 0 bridgehead atoms. The van der Waals surface area contributed by atoms with Crippen LogP contribution in [0.25, 0.3) is 16.8 Å². The largest absolute Gasteiger partial charge is 0.492 e. The van der Waals surface area contributed by atoms with Crippen LogP contribution in [0.15, 0.2) is 65.6 Å². The number of nitrogens with zero attached hydrogens (tertiary/aromatic N) is 1. The first kappa shape index (κ1) is 22.0. The zero-order chi connectivity index (χ0) is 22.7. The molecule has 1 saturated heterocycles. The van der Waals surface area contributed by atoms with Crippen molar-refractivity contribution in [2.24, 2.45) is 0 Å². The maximum absolute atomic E-state index is 13.0. The molecule has 4 rings (SSSR count). The van der Waals surface area contributed by atoms with Crippen molar-refractivity contribution in [1.29, 1.82) is 0 Å². The van der Waals surface area contributed by atoms with Crippen LogP contribution in [0.1, 0.15) is 25.0 Å². The third-order valence-electron chi connectivity index (χ3n) is 5.05. The van der Waals surface area contributed by atoms with Gasteiger partial charge in [-0.1, -0.05) is 48.0 Å². The third-order valence-corrected chi connectivity index (χ3v) is 5.95. The summed E-state index contributed by atoms with van der Waals surface area (Å²) in [6.45, 7) is 6.36. The zero-order valence-electron chi connectivity index (χ0n) is 18.3. The van der Waals surface area contributed by atoms with Crippen LogP contribution < -0.4 is 9.47 Å². The number of thioether (sulfide) groups is 1. The van der Waals surface area contributed by atoms with Crippen molar-refractivity contribution in [1.82, 2.24) is 4.90 Å². The predicted molar refractivity (Wildman–Crippen MR) is 129 cm³/mol. The molecule has 0 spiro atoms. The van der Waals surface area contributed by atoms with E-state index in [-0.39, 0.29) is 30.4 Å². The molecule has 32 heavy (non-hydrogen) atoms. The number of ether oxygens (including phenoxy) is 2. The lowest BCUT2D eigenvalue weighted by molar-refractivity contribution is -0.123. The van der Waals surface area contributed by atoms with Gasteiger partial charge in [0.05, 0.1) is 17.6 Å². The summed E-state index contributed by atoms with van der Waals surface area (Å²) in [7, 11) is 0. The van der Waals surface area contributed by atoms with Gasteiger partial charge in [-0.25, -0.2) is 0 Å². The van der Waals surface area contributed by atoms with E-state index < -0.39 is 0 Å². The number of fused-ring (bicyclic) bond motifs is 1. The number of amides is 2. The summed E-state index contributed by atoms with van der Waals surface area (Å²) >= 11 is 0.948. The van der Waals surface area contributed by atoms with Crippen molar-refractivity contribution in [3.8, 4) is 11.5 Å². The number of carbonyl (C=O) groups is 2. The number of hydrogen-bond acceptors (Lipinski definition) is 5. The molecule has 0 N–H and O–H groups in total. The van der Waals surface area contributed by atoms with Crippen LogP contribution in [0, 0.1) is 6.92 Å². The highest BCUT2D eigenvalue weighted by Gasteiger charge is 2.35. The molecule has 2 amide bonds. The minimum Gasteiger partial charge on any atom is -0.492 e. The van der Waals surface area contributed by atoms with Crippen LogP contribution in [-0.2, 0) is 4.79 Å². The molecule has 0 unspecified atom stereocenters. The fourth-order valence-corrected chi connectivity index (χ4v) is 4.34.